The third kappa shape index (κ3) is 2.92. The highest BCUT2D eigenvalue weighted by Crippen LogP contribution is 2.42. The predicted octanol–water partition coefficient (Wildman–Crippen LogP) is 2.67. The lowest BCUT2D eigenvalue weighted by molar-refractivity contribution is -0.806. The zero-order valence-electron chi connectivity index (χ0n) is 14.0. The lowest BCUT2D eigenvalue weighted by atomic mass is 10.1. The Bertz CT molecular complexity index is 1080. The van der Waals surface area contributed by atoms with E-state index < -0.39 is 4.92 Å². The first-order chi connectivity index (χ1) is 13.0. The van der Waals surface area contributed by atoms with Crippen molar-refractivity contribution in [3.05, 3.63) is 63.0 Å². The lowest BCUT2D eigenvalue weighted by Gasteiger charge is -2.04. The number of para-hydroxylation sites is 1. The van der Waals surface area contributed by atoms with Crippen LogP contribution in [-0.2, 0) is 0 Å². The summed E-state index contributed by atoms with van der Waals surface area (Å²) in [7, 11) is 0. The third-order valence-corrected chi connectivity index (χ3v) is 4.05. The largest absolute Gasteiger partial charge is 0.454 e. The van der Waals surface area contributed by atoms with Gasteiger partial charge < -0.3 is 14.7 Å². The van der Waals surface area contributed by atoms with E-state index in [0.717, 1.165) is 0 Å². The molecule has 136 valence electrons. The van der Waals surface area contributed by atoms with Crippen LogP contribution in [0.2, 0.25) is 0 Å². The van der Waals surface area contributed by atoms with Gasteiger partial charge in [0.1, 0.15) is 0 Å². The van der Waals surface area contributed by atoms with E-state index in [-0.39, 0.29) is 28.8 Å². The summed E-state index contributed by atoms with van der Waals surface area (Å²) in [5.74, 6) is 0.958. The molecule has 2 heterocycles. The normalized spacial score (nSPS) is 12.6. The number of rotatable bonds is 4. The Labute approximate surface area is 152 Å². The molecule has 0 saturated heterocycles. The van der Waals surface area contributed by atoms with E-state index in [9.17, 15) is 15.3 Å². The maximum atomic E-state index is 11.6. The highest BCUT2D eigenvalue weighted by atomic mass is 16.8. The minimum Gasteiger partial charge on any atom is -0.454 e. The lowest BCUT2D eigenvalue weighted by Crippen LogP contribution is -2.25. The van der Waals surface area contributed by atoms with Crippen molar-refractivity contribution in [3.63, 3.8) is 0 Å². The van der Waals surface area contributed by atoms with E-state index in [2.05, 4.69) is 14.8 Å². The Morgan fingerprint density at radius 2 is 2.00 bits per heavy atom. The van der Waals surface area contributed by atoms with E-state index in [1.807, 2.05) is 0 Å². The van der Waals surface area contributed by atoms with Crippen LogP contribution < -0.4 is 14.4 Å². The van der Waals surface area contributed by atoms with E-state index in [1.165, 1.54) is 12.3 Å². The monoisotopic (exact) mass is 368 g/mol. The zero-order valence-corrected chi connectivity index (χ0v) is 14.0. The summed E-state index contributed by atoms with van der Waals surface area (Å²) in [5, 5.41) is 26.5. The van der Waals surface area contributed by atoms with Gasteiger partial charge in [-0.05, 0) is 17.0 Å². The molecule has 1 aliphatic rings. The Morgan fingerprint density at radius 1 is 1.26 bits per heavy atom. The fraction of sp³-hybridized carbons (Fsp3) is 0.118. The highest BCUT2D eigenvalue weighted by Gasteiger charge is 2.25. The maximum absolute atomic E-state index is 11.6. The Morgan fingerprint density at radius 3 is 2.70 bits per heavy atom. The fourth-order valence-corrected chi connectivity index (χ4v) is 2.67. The number of aliphatic imine (C=N–C) groups is 1. The molecule has 0 unspecified atom stereocenters. The number of hydrogen-bond acceptors (Lipinski definition) is 8. The van der Waals surface area contributed by atoms with Gasteiger partial charge in [0.2, 0.25) is 12.5 Å². The Hall–Kier alpha value is -3.95. The van der Waals surface area contributed by atoms with Gasteiger partial charge in [-0.25, -0.2) is 0 Å². The average molecular weight is 368 g/mol. The van der Waals surface area contributed by atoms with Gasteiger partial charge >= 0.3 is 0 Å². The van der Waals surface area contributed by atoms with Gasteiger partial charge in [-0.15, -0.1) is 0 Å². The second-order valence-electron chi connectivity index (χ2n) is 5.66. The predicted molar refractivity (Wildman–Crippen MR) is 92.1 cm³/mol. The van der Waals surface area contributed by atoms with Crippen LogP contribution in [0.25, 0.3) is 11.3 Å². The molecule has 27 heavy (non-hydrogen) atoms. The summed E-state index contributed by atoms with van der Waals surface area (Å²) in [6.45, 7) is 1.62. The van der Waals surface area contributed by atoms with Crippen LogP contribution >= 0.6 is 0 Å². The van der Waals surface area contributed by atoms with Gasteiger partial charge in [0, 0.05) is 30.4 Å². The Kier molecular flexibility index (Phi) is 3.92. The van der Waals surface area contributed by atoms with Crippen molar-refractivity contribution < 1.29 is 23.9 Å². The van der Waals surface area contributed by atoms with Crippen molar-refractivity contribution in [1.82, 2.24) is 5.16 Å². The van der Waals surface area contributed by atoms with Crippen LogP contribution in [0.1, 0.15) is 11.3 Å². The smallest absolute Gasteiger partial charge is 0.278 e. The summed E-state index contributed by atoms with van der Waals surface area (Å²) in [5.41, 5.74) is 1.67. The number of benzene rings is 2. The van der Waals surface area contributed by atoms with E-state index in [0.29, 0.717) is 28.3 Å². The molecule has 0 bridgehead atoms. The molecule has 0 saturated carbocycles. The van der Waals surface area contributed by atoms with Gasteiger partial charge in [-0.2, -0.15) is 0 Å². The molecule has 0 fully saturated rings. The van der Waals surface area contributed by atoms with E-state index in [4.69, 9.17) is 9.47 Å². The molecular weight excluding hydrogens is 356 g/mol. The van der Waals surface area contributed by atoms with Gasteiger partial charge in [-0.3, -0.25) is 19.7 Å². The van der Waals surface area contributed by atoms with Crippen molar-refractivity contribution >= 4 is 17.6 Å². The molecule has 0 N–H and O–H groups in total. The molecule has 3 aromatic rings. The topological polar surface area (TPSA) is 127 Å². The number of nitro benzene ring substituents is 1. The van der Waals surface area contributed by atoms with Crippen LogP contribution in [-0.4, -0.2) is 23.1 Å². The molecule has 1 aliphatic heterocycles. The second kappa shape index (κ2) is 6.41. The minimum atomic E-state index is -0.482. The summed E-state index contributed by atoms with van der Waals surface area (Å²) >= 11 is 0. The standard InChI is InChI=1S/C17H12N4O6/c1-10-17(19-27-21(10)24)12-6-15-16(26-9-25-15)7-13(12)18-8-11-4-2-3-5-14(11)20(22)23/h2-8H,9H2,1H3. The van der Waals surface area contributed by atoms with Crippen LogP contribution in [0.15, 0.2) is 46.0 Å². The number of hydrogen-bond donors (Lipinski definition) is 0. The van der Waals surface area contributed by atoms with Crippen molar-refractivity contribution in [2.75, 3.05) is 6.79 Å². The molecule has 2 aromatic carbocycles. The van der Waals surface area contributed by atoms with Crippen molar-refractivity contribution in [1.29, 1.82) is 0 Å². The average Bonchev–Trinajstić information content (AvgIpc) is 3.25. The Balaban J connectivity index is 1.83. The molecule has 10 nitrogen and oxygen atoms in total. The highest BCUT2D eigenvalue weighted by molar-refractivity contribution is 5.89. The zero-order chi connectivity index (χ0) is 19.0. The van der Waals surface area contributed by atoms with Crippen molar-refractivity contribution in [3.8, 4) is 22.8 Å². The molecular formula is C17H12N4O6. The van der Waals surface area contributed by atoms with Gasteiger partial charge in [0.05, 0.1) is 21.7 Å². The fourth-order valence-electron chi connectivity index (χ4n) is 2.67. The van der Waals surface area contributed by atoms with Gasteiger partial charge in [0.15, 0.2) is 11.5 Å². The number of nitrogens with zero attached hydrogens (tertiary/aromatic N) is 4. The molecule has 1 aromatic heterocycles. The van der Waals surface area contributed by atoms with Gasteiger partial charge in [-0.1, -0.05) is 12.1 Å². The summed E-state index contributed by atoms with van der Waals surface area (Å²) in [6, 6.07) is 9.49. The molecule has 0 aliphatic carbocycles. The molecule has 0 atom stereocenters. The first kappa shape index (κ1) is 16.5. The van der Waals surface area contributed by atoms with E-state index >= 15 is 0 Å². The van der Waals surface area contributed by atoms with E-state index in [1.54, 1.807) is 37.3 Å². The molecule has 0 radical (unpaired) electrons. The van der Waals surface area contributed by atoms with Crippen molar-refractivity contribution in [2.45, 2.75) is 6.92 Å². The molecule has 0 spiro atoms. The number of ether oxygens (including phenoxy) is 2. The number of aromatic nitrogens is 2. The number of nitro groups is 1. The maximum Gasteiger partial charge on any atom is 0.278 e. The third-order valence-electron chi connectivity index (χ3n) is 4.05. The van der Waals surface area contributed by atoms with Crippen LogP contribution in [0.3, 0.4) is 0 Å². The van der Waals surface area contributed by atoms with Gasteiger partial charge in [0.25, 0.3) is 11.4 Å². The van der Waals surface area contributed by atoms with Crippen molar-refractivity contribution in [2.24, 2.45) is 4.99 Å². The summed E-state index contributed by atoms with van der Waals surface area (Å²) in [6.07, 6.45) is 1.37. The molecule has 0 amide bonds. The quantitative estimate of drug-likeness (QED) is 0.300. The SMILES string of the molecule is Cc1c(-c2cc3c(cc2N=Cc2ccccc2[N+](=O)[O-])OCO3)no[n+]1[O-]. The second-order valence-corrected chi connectivity index (χ2v) is 5.66. The molecule has 10 heteroatoms. The molecule has 4 rings (SSSR count). The summed E-state index contributed by atoms with van der Waals surface area (Å²) in [4.78, 5) is 15.3. The first-order valence-electron chi connectivity index (χ1n) is 7.82. The van der Waals surface area contributed by atoms with Crippen LogP contribution in [0.5, 0.6) is 11.5 Å². The minimum absolute atomic E-state index is 0.0610. The first-order valence-corrected chi connectivity index (χ1v) is 7.82. The summed E-state index contributed by atoms with van der Waals surface area (Å²) < 4.78 is 15.4. The van der Waals surface area contributed by atoms with Crippen LogP contribution in [0.4, 0.5) is 11.4 Å². The van der Waals surface area contributed by atoms with Crippen LogP contribution in [0, 0.1) is 22.2 Å². The number of fused-ring (bicyclic) bond motifs is 1.